The minimum atomic E-state index is -0.739. The summed E-state index contributed by atoms with van der Waals surface area (Å²) < 4.78 is 15.4. The van der Waals surface area contributed by atoms with Gasteiger partial charge in [0, 0.05) is 14.1 Å². The molecule has 0 fully saturated rings. The number of hydrogen-bond donors (Lipinski definition) is 0. The molecule has 108 valence electrons. The van der Waals surface area contributed by atoms with E-state index in [1.54, 1.807) is 25.3 Å². The molecular weight excluding hydrogens is 269 g/mol. The van der Waals surface area contributed by atoms with E-state index in [2.05, 4.69) is 27.1 Å². The van der Waals surface area contributed by atoms with E-state index >= 15 is 0 Å². The van der Waals surface area contributed by atoms with Crippen molar-refractivity contribution < 1.29 is 4.39 Å². The lowest BCUT2D eigenvalue weighted by molar-refractivity contribution is 0.541. The summed E-state index contributed by atoms with van der Waals surface area (Å²) in [6, 6.07) is 8.20. The fourth-order valence-corrected chi connectivity index (χ4v) is 2.22. The van der Waals surface area contributed by atoms with Gasteiger partial charge in [-0.2, -0.15) is 14.4 Å². The molecule has 0 aliphatic carbocycles. The number of nitrogens with zero attached hydrogens (tertiary/aromatic N) is 5. The highest BCUT2D eigenvalue weighted by molar-refractivity contribution is 5.83. The van der Waals surface area contributed by atoms with Crippen molar-refractivity contribution in [1.29, 1.82) is 0 Å². The molecule has 0 saturated heterocycles. The van der Waals surface area contributed by atoms with Crippen LogP contribution in [0.4, 0.5) is 10.2 Å². The van der Waals surface area contributed by atoms with Crippen molar-refractivity contribution in [3.63, 3.8) is 0 Å². The van der Waals surface area contributed by atoms with Crippen molar-refractivity contribution in [2.45, 2.75) is 13.5 Å². The summed E-state index contributed by atoms with van der Waals surface area (Å²) in [6.45, 7) is 2.64. The minimum absolute atomic E-state index is 0.486. The summed E-state index contributed by atoms with van der Waals surface area (Å²) in [5, 5.41) is 0. The fraction of sp³-hybridized carbons (Fsp3) is 0.267. The van der Waals surface area contributed by atoms with E-state index in [0.717, 1.165) is 5.56 Å². The maximum atomic E-state index is 13.6. The van der Waals surface area contributed by atoms with E-state index in [0.29, 0.717) is 23.5 Å². The average Bonchev–Trinajstić information content (AvgIpc) is 2.83. The Hall–Kier alpha value is -2.50. The van der Waals surface area contributed by atoms with Gasteiger partial charge in [0.15, 0.2) is 17.0 Å². The van der Waals surface area contributed by atoms with Gasteiger partial charge in [-0.3, -0.25) is 0 Å². The Labute approximate surface area is 122 Å². The third kappa shape index (κ3) is 2.56. The first kappa shape index (κ1) is 13.5. The van der Waals surface area contributed by atoms with E-state index in [1.165, 1.54) is 5.56 Å². The lowest BCUT2D eigenvalue weighted by Crippen LogP contribution is -2.13. The molecule has 0 atom stereocenters. The summed E-state index contributed by atoms with van der Waals surface area (Å²) >= 11 is 0. The van der Waals surface area contributed by atoms with Crippen LogP contribution in [0.5, 0.6) is 0 Å². The molecule has 0 saturated carbocycles. The molecule has 0 radical (unpaired) electrons. The van der Waals surface area contributed by atoms with Gasteiger partial charge < -0.3 is 9.47 Å². The van der Waals surface area contributed by atoms with Gasteiger partial charge >= 0.3 is 6.08 Å². The van der Waals surface area contributed by atoms with E-state index < -0.39 is 6.08 Å². The first-order valence-corrected chi connectivity index (χ1v) is 6.66. The predicted octanol–water partition coefficient (Wildman–Crippen LogP) is 2.39. The first-order chi connectivity index (χ1) is 10.0. The zero-order valence-corrected chi connectivity index (χ0v) is 12.2. The van der Waals surface area contributed by atoms with Crippen LogP contribution in [0.3, 0.4) is 0 Å². The number of benzene rings is 1. The van der Waals surface area contributed by atoms with Gasteiger partial charge in [0.25, 0.3) is 0 Å². The maximum Gasteiger partial charge on any atom is 0.312 e. The van der Waals surface area contributed by atoms with Crippen molar-refractivity contribution in [3.8, 4) is 0 Å². The standard InChI is InChI=1S/C15H16FN5/c1-10-4-6-11(7-5-10)8-21-9-17-12-13(20(2)3)18-15(16)19-14(12)21/h4-7,9H,8H2,1-3H3. The van der Waals surface area contributed by atoms with Gasteiger partial charge in [0.2, 0.25) is 0 Å². The topological polar surface area (TPSA) is 46.8 Å². The molecule has 0 aliphatic rings. The Morgan fingerprint density at radius 1 is 1.14 bits per heavy atom. The molecule has 0 bridgehead atoms. The molecule has 2 heterocycles. The molecule has 6 heteroatoms. The van der Waals surface area contributed by atoms with Crippen molar-refractivity contribution in [2.75, 3.05) is 19.0 Å². The Morgan fingerprint density at radius 3 is 2.52 bits per heavy atom. The van der Waals surface area contributed by atoms with Crippen molar-refractivity contribution in [2.24, 2.45) is 0 Å². The summed E-state index contributed by atoms with van der Waals surface area (Å²) in [7, 11) is 3.61. The van der Waals surface area contributed by atoms with Crippen molar-refractivity contribution in [1.82, 2.24) is 19.5 Å². The number of hydrogen-bond acceptors (Lipinski definition) is 4. The molecule has 0 N–H and O–H groups in total. The third-order valence-corrected chi connectivity index (χ3v) is 3.32. The van der Waals surface area contributed by atoms with Crippen LogP contribution >= 0.6 is 0 Å². The highest BCUT2D eigenvalue weighted by atomic mass is 19.1. The van der Waals surface area contributed by atoms with Crippen LogP contribution in [0.15, 0.2) is 30.6 Å². The van der Waals surface area contributed by atoms with Crippen LogP contribution in [0.1, 0.15) is 11.1 Å². The average molecular weight is 285 g/mol. The quantitative estimate of drug-likeness (QED) is 0.693. The lowest BCUT2D eigenvalue weighted by atomic mass is 10.1. The number of rotatable bonds is 3. The zero-order valence-electron chi connectivity index (χ0n) is 12.2. The molecule has 0 unspecified atom stereocenters. The number of aromatic nitrogens is 4. The van der Waals surface area contributed by atoms with E-state index in [1.807, 2.05) is 23.6 Å². The Bertz CT molecular complexity index is 777. The molecule has 0 aliphatic heterocycles. The first-order valence-electron chi connectivity index (χ1n) is 6.66. The zero-order chi connectivity index (χ0) is 15.0. The second-order valence-electron chi connectivity index (χ2n) is 5.24. The van der Waals surface area contributed by atoms with Gasteiger partial charge in [0.05, 0.1) is 12.9 Å². The van der Waals surface area contributed by atoms with Crippen LogP contribution in [0, 0.1) is 13.0 Å². The highest BCUT2D eigenvalue weighted by Gasteiger charge is 2.14. The Balaban J connectivity index is 2.05. The molecule has 1 aromatic carbocycles. The van der Waals surface area contributed by atoms with Crippen LogP contribution < -0.4 is 4.90 Å². The smallest absolute Gasteiger partial charge is 0.312 e. The lowest BCUT2D eigenvalue weighted by Gasteiger charge is -2.11. The van der Waals surface area contributed by atoms with Crippen LogP contribution in [0.25, 0.3) is 11.2 Å². The molecule has 3 rings (SSSR count). The monoisotopic (exact) mass is 285 g/mol. The molecule has 3 aromatic rings. The summed E-state index contributed by atoms with van der Waals surface area (Å²) in [5.74, 6) is 0.486. The number of imidazole rings is 1. The molecule has 2 aromatic heterocycles. The molecule has 21 heavy (non-hydrogen) atoms. The summed E-state index contributed by atoms with van der Waals surface area (Å²) in [6.07, 6.45) is 0.933. The highest BCUT2D eigenvalue weighted by Crippen LogP contribution is 2.21. The van der Waals surface area contributed by atoms with Crippen LogP contribution in [0.2, 0.25) is 0 Å². The van der Waals surface area contributed by atoms with Gasteiger partial charge in [-0.05, 0) is 12.5 Å². The maximum absolute atomic E-state index is 13.6. The van der Waals surface area contributed by atoms with Gasteiger partial charge in [-0.25, -0.2) is 4.98 Å². The fourth-order valence-electron chi connectivity index (χ4n) is 2.22. The largest absolute Gasteiger partial charge is 0.361 e. The molecule has 5 nitrogen and oxygen atoms in total. The molecule has 0 amide bonds. The van der Waals surface area contributed by atoms with Crippen molar-refractivity contribution >= 4 is 17.0 Å². The van der Waals surface area contributed by atoms with Gasteiger partial charge in [0.1, 0.15) is 0 Å². The Kier molecular flexibility index (Phi) is 3.29. The minimum Gasteiger partial charge on any atom is -0.361 e. The van der Waals surface area contributed by atoms with Crippen LogP contribution in [-0.2, 0) is 6.54 Å². The molecule has 0 spiro atoms. The normalized spacial score (nSPS) is 11.0. The number of halogens is 1. The molecular formula is C15H16FN5. The Morgan fingerprint density at radius 2 is 1.86 bits per heavy atom. The predicted molar refractivity (Wildman–Crippen MR) is 79.9 cm³/mol. The van der Waals surface area contributed by atoms with E-state index in [-0.39, 0.29) is 0 Å². The summed E-state index contributed by atoms with van der Waals surface area (Å²) in [4.78, 5) is 13.8. The van der Waals surface area contributed by atoms with E-state index in [4.69, 9.17) is 0 Å². The number of anilines is 1. The van der Waals surface area contributed by atoms with E-state index in [9.17, 15) is 4.39 Å². The SMILES string of the molecule is Cc1ccc(Cn2cnc3c(N(C)C)nc(F)nc32)cc1. The summed E-state index contributed by atoms with van der Waals surface area (Å²) in [5.41, 5.74) is 3.43. The second kappa shape index (κ2) is 5.12. The van der Waals surface area contributed by atoms with Gasteiger partial charge in [-0.15, -0.1) is 0 Å². The second-order valence-corrected chi connectivity index (χ2v) is 5.24. The van der Waals surface area contributed by atoms with Crippen LogP contribution in [-0.4, -0.2) is 33.6 Å². The van der Waals surface area contributed by atoms with Crippen molar-refractivity contribution in [3.05, 3.63) is 47.8 Å². The van der Waals surface area contributed by atoms with Gasteiger partial charge in [-0.1, -0.05) is 29.8 Å². The third-order valence-electron chi connectivity index (χ3n) is 3.32. The number of fused-ring (bicyclic) bond motifs is 1. The number of aryl methyl sites for hydroxylation is 1.